The second kappa shape index (κ2) is 8.55. The molecule has 0 aromatic heterocycles. The van der Waals surface area contributed by atoms with Gasteiger partial charge in [0.15, 0.2) is 5.78 Å². The summed E-state index contributed by atoms with van der Waals surface area (Å²) in [5.41, 5.74) is 0.548. The summed E-state index contributed by atoms with van der Waals surface area (Å²) in [4.78, 5) is 14.3. The third kappa shape index (κ3) is 5.19. The molecule has 1 rings (SSSR count). The maximum absolute atomic E-state index is 12.2. The van der Waals surface area contributed by atoms with Gasteiger partial charge in [0.2, 0.25) is 0 Å². The van der Waals surface area contributed by atoms with E-state index in [4.69, 9.17) is 9.47 Å². The summed E-state index contributed by atoms with van der Waals surface area (Å²) in [6, 6.07) is 5.24. The lowest BCUT2D eigenvalue weighted by atomic mass is 10.1. The number of nitrogens with one attached hydrogen (secondary N) is 1. The minimum absolute atomic E-state index is 0.00519. The van der Waals surface area contributed by atoms with Gasteiger partial charge in [0.1, 0.15) is 11.5 Å². The lowest BCUT2D eigenvalue weighted by Gasteiger charge is -2.11. The van der Waals surface area contributed by atoms with Gasteiger partial charge in [-0.3, -0.25) is 4.79 Å². The van der Waals surface area contributed by atoms with E-state index in [2.05, 4.69) is 10.2 Å². The largest absolute Gasteiger partial charge is 0.497 e. The number of methoxy groups -OCH3 is 2. The number of ketones is 1. The molecule has 0 heterocycles. The lowest BCUT2D eigenvalue weighted by molar-refractivity contribution is 0.0987. The van der Waals surface area contributed by atoms with Gasteiger partial charge < -0.3 is 19.7 Å². The van der Waals surface area contributed by atoms with Gasteiger partial charge in [-0.15, -0.1) is 0 Å². The molecule has 1 N–H and O–H groups in total. The van der Waals surface area contributed by atoms with E-state index in [1.807, 2.05) is 14.1 Å². The Balaban J connectivity index is 2.53. The van der Waals surface area contributed by atoms with E-state index in [1.54, 1.807) is 32.4 Å². The molecule has 1 aromatic rings. The molecular weight excluding hydrogens is 256 g/mol. The monoisotopic (exact) mass is 280 g/mol. The zero-order valence-corrected chi connectivity index (χ0v) is 12.7. The van der Waals surface area contributed by atoms with Gasteiger partial charge in [0.05, 0.1) is 26.3 Å². The van der Waals surface area contributed by atoms with Crippen LogP contribution in [0.3, 0.4) is 0 Å². The fourth-order valence-corrected chi connectivity index (χ4v) is 1.85. The first-order valence-electron chi connectivity index (χ1n) is 6.69. The summed E-state index contributed by atoms with van der Waals surface area (Å²) in [5.74, 6) is 1.23. The first-order chi connectivity index (χ1) is 9.58. The fraction of sp³-hybridized carbons (Fsp3) is 0.533. The van der Waals surface area contributed by atoms with Crippen LogP contribution in [0.15, 0.2) is 18.2 Å². The van der Waals surface area contributed by atoms with E-state index >= 15 is 0 Å². The zero-order chi connectivity index (χ0) is 15.0. The van der Waals surface area contributed by atoms with Gasteiger partial charge in [-0.1, -0.05) is 0 Å². The number of ether oxygens (including phenoxy) is 2. The third-order valence-corrected chi connectivity index (χ3v) is 2.95. The van der Waals surface area contributed by atoms with E-state index in [9.17, 15) is 4.79 Å². The van der Waals surface area contributed by atoms with E-state index in [-0.39, 0.29) is 5.78 Å². The number of carbonyl (C=O) groups excluding carboxylic acids is 1. The van der Waals surface area contributed by atoms with Crippen molar-refractivity contribution >= 4 is 5.78 Å². The Hall–Kier alpha value is -1.59. The molecule has 1 aromatic carbocycles. The van der Waals surface area contributed by atoms with Gasteiger partial charge in [-0.05, 0) is 51.8 Å². The van der Waals surface area contributed by atoms with Crippen LogP contribution in [0.4, 0.5) is 0 Å². The highest BCUT2D eigenvalue weighted by atomic mass is 16.5. The number of nitrogens with zero attached hydrogens (tertiary/aromatic N) is 1. The van der Waals surface area contributed by atoms with Crippen molar-refractivity contribution in [3.63, 3.8) is 0 Å². The quantitative estimate of drug-likeness (QED) is 0.548. The molecule has 0 fully saturated rings. The Labute approximate surface area is 120 Å². The van der Waals surface area contributed by atoms with E-state index in [0.717, 1.165) is 19.5 Å². The van der Waals surface area contributed by atoms with Crippen LogP contribution in [0, 0.1) is 0 Å². The highest BCUT2D eigenvalue weighted by Crippen LogP contribution is 2.24. The molecule has 0 amide bonds. The number of Topliss-reactive ketones (excluding diaryl/α,β-unsaturated/α-hetero) is 1. The normalized spacial score (nSPS) is 10.7. The van der Waals surface area contributed by atoms with Gasteiger partial charge in [0, 0.05) is 0 Å². The van der Waals surface area contributed by atoms with Gasteiger partial charge in [-0.25, -0.2) is 0 Å². The van der Waals surface area contributed by atoms with Gasteiger partial charge in [0.25, 0.3) is 0 Å². The Morgan fingerprint density at radius 2 is 2.00 bits per heavy atom. The standard InChI is InChI=1S/C15H24N2O3/c1-17(2)9-5-8-16-11-14(18)13-10-12(19-3)6-7-15(13)20-4/h6-7,10,16H,5,8-9,11H2,1-4H3. The first kappa shape index (κ1) is 16.5. The summed E-state index contributed by atoms with van der Waals surface area (Å²) >= 11 is 0. The average molecular weight is 280 g/mol. The van der Waals surface area contributed by atoms with Crippen LogP contribution in [-0.2, 0) is 0 Å². The SMILES string of the molecule is COc1ccc(OC)c(C(=O)CNCCCN(C)C)c1. The fourth-order valence-electron chi connectivity index (χ4n) is 1.85. The minimum Gasteiger partial charge on any atom is -0.497 e. The number of hydrogen-bond acceptors (Lipinski definition) is 5. The second-order valence-corrected chi connectivity index (χ2v) is 4.82. The summed E-state index contributed by atoms with van der Waals surface area (Å²) in [7, 11) is 7.21. The number of rotatable bonds is 9. The van der Waals surface area contributed by atoms with Crippen molar-refractivity contribution in [1.29, 1.82) is 0 Å². The Kier molecular flexibility index (Phi) is 7.04. The van der Waals surface area contributed by atoms with E-state index in [1.165, 1.54) is 0 Å². The number of benzene rings is 1. The molecule has 0 spiro atoms. The van der Waals surface area contributed by atoms with Crippen LogP contribution in [0.25, 0.3) is 0 Å². The molecule has 0 aliphatic rings. The molecule has 5 heteroatoms. The van der Waals surface area contributed by atoms with Crippen molar-refractivity contribution in [2.45, 2.75) is 6.42 Å². The van der Waals surface area contributed by atoms with Crippen LogP contribution in [0.1, 0.15) is 16.8 Å². The Bertz CT molecular complexity index is 433. The topological polar surface area (TPSA) is 50.8 Å². The average Bonchev–Trinajstić information content (AvgIpc) is 2.45. The van der Waals surface area contributed by atoms with Crippen LogP contribution in [-0.4, -0.2) is 58.6 Å². The van der Waals surface area contributed by atoms with Crippen molar-refractivity contribution in [3.8, 4) is 11.5 Å². The number of carbonyl (C=O) groups is 1. The zero-order valence-electron chi connectivity index (χ0n) is 12.7. The Morgan fingerprint density at radius 3 is 2.60 bits per heavy atom. The van der Waals surface area contributed by atoms with Crippen molar-refractivity contribution in [1.82, 2.24) is 10.2 Å². The molecule has 0 saturated heterocycles. The van der Waals surface area contributed by atoms with Crippen LogP contribution in [0.5, 0.6) is 11.5 Å². The molecule has 0 aliphatic heterocycles. The molecule has 0 atom stereocenters. The predicted octanol–water partition coefficient (Wildman–Crippen LogP) is 1.43. The van der Waals surface area contributed by atoms with Gasteiger partial charge >= 0.3 is 0 Å². The predicted molar refractivity (Wildman–Crippen MR) is 79.9 cm³/mol. The molecule has 0 bridgehead atoms. The summed E-state index contributed by atoms with van der Waals surface area (Å²) < 4.78 is 10.4. The molecular formula is C15H24N2O3. The van der Waals surface area contributed by atoms with E-state index in [0.29, 0.717) is 23.6 Å². The summed E-state index contributed by atoms with van der Waals surface area (Å²) in [6.07, 6.45) is 1.01. The molecule has 0 radical (unpaired) electrons. The minimum atomic E-state index is 0.00519. The van der Waals surface area contributed by atoms with Crippen molar-refractivity contribution in [2.75, 3.05) is 47.9 Å². The smallest absolute Gasteiger partial charge is 0.180 e. The second-order valence-electron chi connectivity index (χ2n) is 4.82. The molecule has 20 heavy (non-hydrogen) atoms. The van der Waals surface area contributed by atoms with Gasteiger partial charge in [-0.2, -0.15) is 0 Å². The Morgan fingerprint density at radius 1 is 1.25 bits per heavy atom. The lowest BCUT2D eigenvalue weighted by Crippen LogP contribution is -2.26. The van der Waals surface area contributed by atoms with Crippen molar-refractivity contribution in [2.24, 2.45) is 0 Å². The maximum atomic E-state index is 12.2. The van der Waals surface area contributed by atoms with Crippen LogP contribution < -0.4 is 14.8 Å². The van der Waals surface area contributed by atoms with Crippen LogP contribution in [0.2, 0.25) is 0 Å². The summed E-state index contributed by atoms with van der Waals surface area (Å²) in [5, 5.41) is 3.16. The highest BCUT2D eigenvalue weighted by molar-refractivity contribution is 6.00. The number of hydrogen-bond donors (Lipinski definition) is 1. The molecule has 5 nitrogen and oxygen atoms in total. The molecule has 112 valence electrons. The maximum Gasteiger partial charge on any atom is 0.180 e. The van der Waals surface area contributed by atoms with Crippen LogP contribution >= 0.6 is 0 Å². The molecule has 0 aliphatic carbocycles. The first-order valence-corrected chi connectivity index (χ1v) is 6.69. The van der Waals surface area contributed by atoms with E-state index < -0.39 is 0 Å². The van der Waals surface area contributed by atoms with Crippen molar-refractivity contribution in [3.05, 3.63) is 23.8 Å². The molecule has 0 saturated carbocycles. The highest BCUT2D eigenvalue weighted by Gasteiger charge is 2.13. The third-order valence-electron chi connectivity index (χ3n) is 2.95. The van der Waals surface area contributed by atoms with Crippen molar-refractivity contribution < 1.29 is 14.3 Å². The summed E-state index contributed by atoms with van der Waals surface area (Å²) in [6.45, 7) is 2.12. The molecule has 0 unspecified atom stereocenters.